The molecule has 0 saturated carbocycles. The van der Waals surface area contributed by atoms with Gasteiger partial charge in [0.05, 0.1) is 7.59 Å². The van der Waals surface area contributed by atoms with Gasteiger partial charge in [-0.1, -0.05) is 44.8 Å². The van der Waals surface area contributed by atoms with E-state index >= 15 is 0 Å². The molecule has 0 heterocycles. The highest BCUT2D eigenvalue weighted by atomic mass is 29.2. The zero-order valence-corrected chi connectivity index (χ0v) is 11.3. The van der Waals surface area contributed by atoms with Crippen LogP contribution in [0.4, 0.5) is 0 Å². The molecule has 0 radical (unpaired) electrons. The van der Waals surface area contributed by atoms with Crippen LogP contribution in [-0.4, -0.2) is 16.1 Å². The predicted molar refractivity (Wildman–Crippen MR) is 63.3 cm³/mol. The van der Waals surface area contributed by atoms with Gasteiger partial charge in [-0.05, 0) is 12.8 Å². The Morgan fingerprint density at radius 2 is 1.83 bits per heavy atom. The van der Waals surface area contributed by atoms with Gasteiger partial charge >= 0.3 is 0 Å². The van der Waals surface area contributed by atoms with Crippen molar-refractivity contribution >= 4 is 16.1 Å². The summed E-state index contributed by atoms with van der Waals surface area (Å²) in [7, 11) is -2.06. The topological polar surface area (TPSA) is 26.0 Å². The molecule has 0 aliphatic heterocycles. The number of rotatable bonds is 4. The Hall–Kier alpha value is 0.134. The molecular weight excluding hydrogens is 178 g/mol. The number of hydrogen-bond acceptors (Lipinski definition) is 1. The van der Waals surface area contributed by atoms with Gasteiger partial charge in [-0.2, -0.15) is 0 Å². The van der Waals surface area contributed by atoms with Crippen molar-refractivity contribution in [3.05, 3.63) is 11.3 Å². The van der Waals surface area contributed by atoms with Gasteiger partial charge in [-0.15, -0.1) is 0 Å². The highest BCUT2D eigenvalue weighted by Crippen LogP contribution is 2.13. The summed E-state index contributed by atoms with van der Waals surface area (Å²) in [4.78, 5) is 0. The lowest BCUT2D eigenvalue weighted by Gasteiger charge is -2.25. The maximum absolute atomic E-state index is 6.32. The largest absolute Gasteiger partial charge is 0.352 e. The van der Waals surface area contributed by atoms with Crippen molar-refractivity contribution in [1.29, 1.82) is 0 Å². The van der Waals surface area contributed by atoms with Crippen molar-refractivity contribution in [2.45, 2.75) is 46.3 Å². The Morgan fingerprint density at radius 3 is 2.08 bits per heavy atom. The molecule has 1 atom stereocenters. The third kappa shape index (κ3) is 3.69. The lowest BCUT2D eigenvalue weighted by molar-refractivity contribution is 1.12. The number of hydrogen-bond donors (Lipinski definition) is 1. The van der Waals surface area contributed by atoms with Gasteiger partial charge in [0.15, 0.2) is 0 Å². The highest BCUT2D eigenvalue weighted by molar-refractivity contribution is 7.33. The molecule has 1 unspecified atom stereocenters. The summed E-state index contributed by atoms with van der Waals surface area (Å²) >= 11 is 0. The molecule has 0 aromatic carbocycles. The van der Waals surface area contributed by atoms with E-state index in [1.54, 1.807) is 5.20 Å². The first-order valence-electron chi connectivity index (χ1n) is 4.88. The zero-order valence-electron chi connectivity index (χ0n) is 9.15. The fourth-order valence-electron chi connectivity index (χ4n) is 1.31. The number of allylic oxidation sites excluding steroid dienone is 2. The van der Waals surface area contributed by atoms with Crippen molar-refractivity contribution in [3.8, 4) is 0 Å². The Bertz CT molecular complexity index is 158. The molecule has 0 rings (SSSR count). The molecule has 0 saturated heterocycles. The Labute approximate surface area is 79.5 Å². The van der Waals surface area contributed by atoms with Crippen LogP contribution < -0.4 is 5.40 Å². The van der Waals surface area contributed by atoms with E-state index in [2.05, 4.69) is 39.6 Å². The van der Waals surface area contributed by atoms with Gasteiger partial charge in [-0.3, -0.25) is 0 Å². The van der Waals surface area contributed by atoms with Gasteiger partial charge in [0, 0.05) is 0 Å². The van der Waals surface area contributed by atoms with E-state index in [4.69, 9.17) is 5.40 Å². The average Bonchev–Trinajstić information content (AvgIpc) is 1.97. The molecule has 0 aromatic heterocycles. The van der Waals surface area contributed by atoms with E-state index in [9.17, 15) is 0 Å². The van der Waals surface area contributed by atoms with Gasteiger partial charge < -0.3 is 5.40 Å². The van der Waals surface area contributed by atoms with Crippen LogP contribution in [0, 0.1) is 0 Å². The third-order valence-electron chi connectivity index (χ3n) is 2.21. The van der Waals surface area contributed by atoms with Gasteiger partial charge in [0.1, 0.15) is 8.48 Å². The molecule has 0 fully saturated rings. The van der Waals surface area contributed by atoms with Gasteiger partial charge in [0.25, 0.3) is 0 Å². The molecular formula is C9H23NSi2. The number of nitrogens with two attached hydrogens (primary N) is 1. The van der Waals surface area contributed by atoms with Crippen LogP contribution in [0.5, 0.6) is 0 Å². The fraction of sp³-hybridized carbons (Fsp3) is 0.778. The van der Waals surface area contributed by atoms with E-state index in [0.717, 1.165) is 6.42 Å². The Balaban J connectivity index is 4.43. The summed E-state index contributed by atoms with van der Waals surface area (Å²) in [5.74, 6) is 0. The molecule has 0 bridgehead atoms. The van der Waals surface area contributed by atoms with Crippen LogP contribution in [0.25, 0.3) is 0 Å². The van der Waals surface area contributed by atoms with Gasteiger partial charge in [-0.25, -0.2) is 0 Å². The molecule has 0 aliphatic carbocycles. The van der Waals surface area contributed by atoms with Crippen LogP contribution in [0.3, 0.4) is 0 Å². The fourth-order valence-corrected chi connectivity index (χ4v) is 7.65. The second kappa shape index (κ2) is 4.99. The lowest BCUT2D eigenvalue weighted by Crippen LogP contribution is -2.51. The summed E-state index contributed by atoms with van der Waals surface area (Å²) in [6.45, 7) is 11.6. The van der Waals surface area contributed by atoms with Crippen molar-refractivity contribution in [3.63, 3.8) is 0 Å². The van der Waals surface area contributed by atoms with Crippen molar-refractivity contribution < 1.29 is 0 Å². The maximum Gasteiger partial charge on any atom is 0.123 e. The summed E-state index contributed by atoms with van der Waals surface area (Å²) in [6.07, 6.45) is 4.68. The van der Waals surface area contributed by atoms with E-state index < -0.39 is 16.1 Å². The zero-order chi connectivity index (χ0) is 9.78. The van der Waals surface area contributed by atoms with Crippen LogP contribution in [0.1, 0.15) is 26.7 Å². The normalized spacial score (nSPS) is 16.3. The van der Waals surface area contributed by atoms with Crippen LogP contribution in [0.15, 0.2) is 11.3 Å². The molecule has 2 N–H and O–H groups in total. The minimum atomic E-state index is -1.03. The molecule has 0 aromatic rings. The smallest absolute Gasteiger partial charge is 0.123 e. The quantitative estimate of drug-likeness (QED) is 0.695. The minimum absolute atomic E-state index is 1.02. The van der Waals surface area contributed by atoms with Crippen molar-refractivity contribution in [2.24, 2.45) is 5.40 Å². The molecule has 3 heteroatoms. The third-order valence-corrected chi connectivity index (χ3v) is 12.2. The van der Waals surface area contributed by atoms with Crippen LogP contribution in [0.2, 0.25) is 19.6 Å². The molecule has 0 aliphatic rings. The standard InChI is InChI=1S/C9H23NSi2/c1-6-8-9(7-2)11(10)12(3,4)5/h8,11H,6-7,10H2,1-5H3. The molecule has 72 valence electrons. The molecule has 12 heavy (non-hydrogen) atoms. The lowest BCUT2D eigenvalue weighted by atomic mass is 10.3. The molecule has 0 spiro atoms. The summed E-state index contributed by atoms with van der Waals surface area (Å²) in [5, 5.41) is 7.92. The first kappa shape index (κ1) is 12.1. The minimum Gasteiger partial charge on any atom is -0.352 e. The van der Waals surface area contributed by atoms with Gasteiger partial charge in [0.2, 0.25) is 0 Å². The molecule has 0 amide bonds. The SMILES string of the molecule is CCC=C(CC)[SiH](N)[Si](C)(C)C. The predicted octanol–water partition coefficient (Wildman–Crippen LogP) is 2.37. The average molecular weight is 201 g/mol. The van der Waals surface area contributed by atoms with E-state index in [1.165, 1.54) is 6.42 Å². The summed E-state index contributed by atoms with van der Waals surface area (Å²) in [5.41, 5.74) is 0. The van der Waals surface area contributed by atoms with E-state index in [1.807, 2.05) is 0 Å². The second-order valence-electron chi connectivity index (χ2n) is 4.38. The van der Waals surface area contributed by atoms with Crippen LogP contribution in [-0.2, 0) is 0 Å². The highest BCUT2D eigenvalue weighted by Gasteiger charge is 2.26. The monoisotopic (exact) mass is 201 g/mol. The Morgan fingerprint density at radius 1 is 1.33 bits per heavy atom. The first-order chi connectivity index (χ1) is 5.43. The van der Waals surface area contributed by atoms with Crippen molar-refractivity contribution in [2.75, 3.05) is 0 Å². The molecule has 1 nitrogen and oxygen atoms in total. The maximum atomic E-state index is 6.32. The Kier molecular flexibility index (Phi) is 5.05. The van der Waals surface area contributed by atoms with Crippen LogP contribution >= 0.6 is 0 Å². The summed E-state index contributed by atoms with van der Waals surface area (Å²) < 4.78 is 0. The van der Waals surface area contributed by atoms with Crippen molar-refractivity contribution in [1.82, 2.24) is 0 Å². The second-order valence-corrected chi connectivity index (χ2v) is 17.9. The summed E-state index contributed by atoms with van der Waals surface area (Å²) in [6, 6.07) is 0. The first-order valence-corrected chi connectivity index (χ1v) is 11.4. The van der Waals surface area contributed by atoms with E-state index in [-0.39, 0.29) is 0 Å². The van der Waals surface area contributed by atoms with E-state index in [0.29, 0.717) is 0 Å².